The molecule has 0 saturated heterocycles. The van der Waals surface area contributed by atoms with Gasteiger partial charge in [-0.25, -0.2) is 4.42 Å². The van der Waals surface area contributed by atoms with Gasteiger partial charge in [-0.3, -0.25) is 9.59 Å². The van der Waals surface area contributed by atoms with E-state index in [0.717, 1.165) is 56.9 Å². The van der Waals surface area contributed by atoms with Crippen molar-refractivity contribution in [1.82, 2.24) is 0 Å². The summed E-state index contributed by atoms with van der Waals surface area (Å²) in [5.74, 6) is 2.99. The molecule has 1 aliphatic heterocycles. The van der Waals surface area contributed by atoms with Gasteiger partial charge in [-0.2, -0.15) is 0 Å². The molecular formula is C56H71Cl4O6+. The molecule has 0 N–H and O–H groups in total. The van der Waals surface area contributed by atoms with Crippen LogP contribution in [-0.2, 0) is 19.6 Å². The summed E-state index contributed by atoms with van der Waals surface area (Å²) < 4.78 is 26.0. The Balaban J connectivity index is 1.50. The van der Waals surface area contributed by atoms with E-state index in [-0.39, 0.29) is 21.3 Å². The molecule has 0 spiro atoms. The van der Waals surface area contributed by atoms with E-state index < -0.39 is 16.7 Å². The fourth-order valence-electron chi connectivity index (χ4n) is 8.35. The monoisotopic (exact) mass is 979 g/mol. The van der Waals surface area contributed by atoms with Crippen LogP contribution in [0.3, 0.4) is 0 Å². The number of hydrogen-bond donors (Lipinski definition) is 0. The molecule has 1 unspecified atom stereocenters. The predicted octanol–water partition coefficient (Wildman–Crippen LogP) is 14.9. The highest BCUT2D eigenvalue weighted by Gasteiger charge is 2.35. The van der Waals surface area contributed by atoms with Crippen LogP contribution in [0, 0.1) is 23.2 Å². The van der Waals surface area contributed by atoms with Gasteiger partial charge in [0, 0.05) is 36.2 Å². The second kappa shape index (κ2) is 25.4. The minimum absolute atomic E-state index is 0.0987. The van der Waals surface area contributed by atoms with Gasteiger partial charge in [-0.05, 0) is 112 Å². The van der Waals surface area contributed by atoms with Gasteiger partial charge in [0.15, 0.2) is 0 Å². The molecule has 1 aliphatic rings. The van der Waals surface area contributed by atoms with Crippen molar-refractivity contribution >= 4 is 64.3 Å². The zero-order valence-corrected chi connectivity index (χ0v) is 43.5. The summed E-state index contributed by atoms with van der Waals surface area (Å²) in [6.45, 7) is 19.5. The molecule has 0 bridgehead atoms. The molecule has 0 amide bonds. The maximum Gasteiger partial charge on any atom is 0.360 e. The first-order valence-corrected chi connectivity index (χ1v) is 25.7. The Hall–Kier alpha value is -3.23. The van der Waals surface area contributed by atoms with Gasteiger partial charge in [0.25, 0.3) is 0 Å². The van der Waals surface area contributed by atoms with Crippen molar-refractivity contribution in [1.29, 1.82) is 0 Å². The summed E-state index contributed by atoms with van der Waals surface area (Å²) in [5, 5.41) is 1.86. The third-order valence-corrected chi connectivity index (χ3v) is 14.1. The van der Waals surface area contributed by atoms with Crippen molar-refractivity contribution in [2.24, 2.45) is 23.2 Å². The minimum Gasteiger partial charge on any atom is -0.461 e. The van der Waals surface area contributed by atoms with Crippen LogP contribution in [0.1, 0.15) is 149 Å². The Morgan fingerprint density at radius 1 is 0.636 bits per heavy atom. The average molecular weight is 982 g/mol. The maximum absolute atomic E-state index is 14.0. The van der Waals surface area contributed by atoms with Crippen molar-refractivity contribution in [3.8, 4) is 11.3 Å². The third kappa shape index (κ3) is 14.9. The molecule has 0 fully saturated rings. The molecule has 0 radical (unpaired) electrons. The zero-order valence-electron chi connectivity index (χ0n) is 40.4. The Kier molecular flexibility index (Phi) is 20.7. The van der Waals surface area contributed by atoms with Gasteiger partial charge in [0.05, 0.1) is 55.4 Å². The average Bonchev–Trinajstić information content (AvgIpc) is 3.30. The molecule has 2 heterocycles. The molecular weight excluding hydrogens is 910 g/mol. The van der Waals surface area contributed by atoms with Crippen LogP contribution in [0.25, 0.3) is 29.2 Å². The summed E-state index contributed by atoms with van der Waals surface area (Å²) in [6, 6.07) is 14.4. The molecule has 0 aliphatic carbocycles. The molecule has 1 aromatic heterocycles. The zero-order chi connectivity index (χ0) is 48.0. The Bertz CT molecular complexity index is 2450. The van der Waals surface area contributed by atoms with Crippen molar-refractivity contribution in [2.45, 2.75) is 138 Å². The predicted molar refractivity (Wildman–Crippen MR) is 278 cm³/mol. The van der Waals surface area contributed by atoms with Crippen molar-refractivity contribution < 1.29 is 18.6 Å². The molecule has 3 aromatic carbocycles. The van der Waals surface area contributed by atoms with Gasteiger partial charge in [0.2, 0.25) is 10.9 Å². The third-order valence-electron chi connectivity index (χ3n) is 12.6. The fourth-order valence-corrected chi connectivity index (χ4v) is 8.95. The van der Waals surface area contributed by atoms with Crippen LogP contribution in [0.4, 0.5) is 0 Å². The highest BCUT2D eigenvalue weighted by Crippen LogP contribution is 2.39. The first kappa shape index (κ1) is 53.7. The van der Waals surface area contributed by atoms with E-state index in [2.05, 4.69) is 55.4 Å². The molecule has 6 nitrogen and oxygen atoms in total. The van der Waals surface area contributed by atoms with E-state index in [4.69, 9.17) is 65.0 Å². The van der Waals surface area contributed by atoms with Gasteiger partial charge in [-0.1, -0.05) is 145 Å². The van der Waals surface area contributed by atoms with Crippen LogP contribution in [0.2, 0.25) is 20.1 Å². The molecule has 10 heteroatoms. The molecule has 5 rings (SSSR count). The largest absolute Gasteiger partial charge is 0.461 e. The molecule has 0 saturated carbocycles. The van der Waals surface area contributed by atoms with Crippen LogP contribution in [0.5, 0.6) is 0 Å². The topological polar surface area (TPSA) is 73.1 Å². The quantitative estimate of drug-likeness (QED) is 0.0584. The highest BCUT2D eigenvalue weighted by atomic mass is 35.5. The van der Waals surface area contributed by atoms with E-state index in [1.807, 2.05) is 36.4 Å². The van der Waals surface area contributed by atoms with E-state index in [1.165, 1.54) is 25.7 Å². The number of rotatable bonds is 26. The SMILES string of the molecule is CCCCC(CCCC)COCC(C)(C)C1=CC(C=c2c(=O)c(=Cc3cc(-c4ccc(Cl)c(Cl)c4)[o+]c(C(C)(C)COCC(CCCC)CCCC)c3)c2=O)C=C(c2ccc(Cl)c(Cl)c2)O1. The van der Waals surface area contributed by atoms with Crippen LogP contribution < -0.4 is 21.3 Å². The minimum atomic E-state index is -0.547. The smallest absolute Gasteiger partial charge is 0.360 e. The number of halogens is 4. The lowest BCUT2D eigenvalue weighted by Crippen LogP contribution is -2.64. The summed E-state index contributed by atoms with van der Waals surface area (Å²) in [7, 11) is 0. The number of hydrogen-bond acceptors (Lipinski definition) is 5. The van der Waals surface area contributed by atoms with E-state index in [0.29, 0.717) is 92.5 Å². The fraction of sp³-hybridized carbons (Fsp3) is 0.518. The summed E-state index contributed by atoms with van der Waals surface area (Å²) in [5.41, 5.74) is 0.349. The van der Waals surface area contributed by atoms with Crippen LogP contribution in [-0.4, -0.2) is 26.4 Å². The second-order valence-electron chi connectivity index (χ2n) is 19.5. The van der Waals surface area contributed by atoms with E-state index in [1.54, 1.807) is 36.4 Å². The standard InChI is InChI=1S/C56H71Cl4O6/c1-9-13-17-37(18-14-10-2)33-63-35-55(5,6)51-29-39(27-49(65-51)41-21-23-45(57)47(59)31-41)25-43-53(61)44(54(43)62)26-40-28-50(42-22-24-46(58)48(60)32-42)66-52(30-40)56(7,8)36-64-34-38(19-15-11-3)20-16-12-4/h21-32,37-39H,9-20,33-36H2,1-8H3/q+1. The highest BCUT2D eigenvalue weighted by molar-refractivity contribution is 6.42. The van der Waals surface area contributed by atoms with Gasteiger partial charge >= 0.3 is 11.5 Å². The first-order chi connectivity index (χ1) is 31.5. The van der Waals surface area contributed by atoms with Gasteiger partial charge in [-0.15, -0.1) is 0 Å². The maximum atomic E-state index is 14.0. The molecule has 4 aromatic rings. The van der Waals surface area contributed by atoms with Crippen molar-refractivity contribution in [3.05, 3.63) is 134 Å². The number of ether oxygens (including phenoxy) is 3. The first-order valence-electron chi connectivity index (χ1n) is 24.2. The van der Waals surface area contributed by atoms with Crippen LogP contribution in [0.15, 0.2) is 80.4 Å². The number of unbranched alkanes of at least 4 members (excludes halogenated alkanes) is 4. The van der Waals surface area contributed by atoms with Crippen molar-refractivity contribution in [2.75, 3.05) is 26.4 Å². The van der Waals surface area contributed by atoms with E-state index >= 15 is 0 Å². The number of benzene rings is 2. The second-order valence-corrected chi connectivity index (χ2v) is 21.1. The van der Waals surface area contributed by atoms with Gasteiger partial charge in [0.1, 0.15) is 16.9 Å². The summed E-state index contributed by atoms with van der Waals surface area (Å²) >= 11 is 25.6. The van der Waals surface area contributed by atoms with Gasteiger partial charge < -0.3 is 14.2 Å². The normalized spacial score (nSPS) is 14.5. The lowest BCUT2D eigenvalue weighted by atomic mass is 9.87. The number of allylic oxidation sites excluding steroid dienone is 2. The van der Waals surface area contributed by atoms with Crippen LogP contribution >= 0.6 is 46.4 Å². The Morgan fingerprint density at radius 3 is 1.65 bits per heavy atom. The molecule has 1 atom stereocenters. The molecule has 66 heavy (non-hydrogen) atoms. The van der Waals surface area contributed by atoms with E-state index in [9.17, 15) is 9.59 Å². The Labute approximate surface area is 413 Å². The lowest BCUT2D eigenvalue weighted by Gasteiger charge is -2.32. The molecule has 358 valence electrons. The summed E-state index contributed by atoms with van der Waals surface area (Å²) in [4.78, 5) is 28.1. The Morgan fingerprint density at radius 2 is 1.14 bits per heavy atom. The van der Waals surface area contributed by atoms with Crippen molar-refractivity contribution in [3.63, 3.8) is 0 Å². The lowest BCUT2D eigenvalue weighted by molar-refractivity contribution is 0.0330. The summed E-state index contributed by atoms with van der Waals surface area (Å²) in [6.07, 6.45) is 21.2.